The molecule has 27 heavy (non-hydrogen) atoms. The van der Waals surface area contributed by atoms with Crippen molar-refractivity contribution in [1.29, 1.82) is 0 Å². The summed E-state index contributed by atoms with van der Waals surface area (Å²) < 4.78 is 28.1. The van der Waals surface area contributed by atoms with E-state index < -0.39 is 15.9 Å². The number of hydrogen-bond donors (Lipinski definition) is 2. The zero-order valence-corrected chi connectivity index (χ0v) is 15.5. The minimum absolute atomic E-state index is 0.0646. The van der Waals surface area contributed by atoms with E-state index in [1.165, 1.54) is 23.0 Å². The molecule has 1 heterocycles. The van der Waals surface area contributed by atoms with Gasteiger partial charge in [-0.1, -0.05) is 41.1 Å². The summed E-state index contributed by atoms with van der Waals surface area (Å²) in [5.74, 6) is -0.424. The second kappa shape index (κ2) is 8.11. The average Bonchev–Trinajstić information content (AvgIpc) is 3.17. The van der Waals surface area contributed by atoms with Gasteiger partial charge in [0.15, 0.2) is 5.69 Å². The number of nitrogens with zero attached hydrogens (tertiary/aromatic N) is 3. The smallest absolute Gasteiger partial charge is 0.273 e. The molecule has 1 amide bonds. The first-order valence-electron chi connectivity index (χ1n) is 8.28. The third kappa shape index (κ3) is 4.78. The van der Waals surface area contributed by atoms with Crippen molar-refractivity contribution < 1.29 is 13.2 Å². The lowest BCUT2D eigenvalue weighted by Crippen LogP contribution is -2.34. The van der Waals surface area contributed by atoms with E-state index in [1.807, 2.05) is 31.2 Å². The van der Waals surface area contributed by atoms with Crippen LogP contribution in [0.4, 0.5) is 0 Å². The van der Waals surface area contributed by atoms with Crippen LogP contribution in [-0.4, -0.2) is 42.4 Å². The van der Waals surface area contributed by atoms with Gasteiger partial charge in [-0.05, 0) is 31.2 Å². The SMILES string of the molecule is Cc1ccc(-n2cc(C(=O)NCCNS(=O)(=O)c3ccccc3)nn2)cc1. The molecule has 2 N–H and O–H groups in total. The number of rotatable bonds is 7. The lowest BCUT2D eigenvalue weighted by molar-refractivity contribution is 0.0949. The van der Waals surface area contributed by atoms with Crippen molar-refractivity contribution in [1.82, 2.24) is 25.0 Å². The van der Waals surface area contributed by atoms with E-state index in [0.717, 1.165) is 11.3 Å². The van der Waals surface area contributed by atoms with E-state index in [9.17, 15) is 13.2 Å². The molecule has 0 radical (unpaired) electrons. The second-order valence-corrected chi connectivity index (χ2v) is 7.62. The maximum atomic E-state index is 12.1. The molecule has 8 nitrogen and oxygen atoms in total. The molecule has 0 aliphatic heterocycles. The van der Waals surface area contributed by atoms with Gasteiger partial charge in [0.05, 0.1) is 16.8 Å². The zero-order valence-electron chi connectivity index (χ0n) is 14.7. The first kappa shape index (κ1) is 18.7. The predicted molar refractivity (Wildman–Crippen MR) is 100 cm³/mol. The van der Waals surface area contributed by atoms with Crippen molar-refractivity contribution in [3.63, 3.8) is 0 Å². The molecule has 0 saturated heterocycles. The van der Waals surface area contributed by atoms with Crippen LogP contribution >= 0.6 is 0 Å². The molecule has 140 valence electrons. The van der Waals surface area contributed by atoms with Crippen LogP contribution in [-0.2, 0) is 10.0 Å². The Kier molecular flexibility index (Phi) is 5.63. The van der Waals surface area contributed by atoms with Gasteiger partial charge in [-0.25, -0.2) is 17.8 Å². The summed E-state index contributed by atoms with van der Waals surface area (Å²) in [5.41, 5.74) is 2.07. The molecule has 0 saturated carbocycles. The number of carbonyl (C=O) groups is 1. The van der Waals surface area contributed by atoms with Crippen molar-refractivity contribution in [2.45, 2.75) is 11.8 Å². The Bertz CT molecular complexity index is 1010. The summed E-state index contributed by atoms with van der Waals surface area (Å²) in [7, 11) is -3.59. The van der Waals surface area contributed by atoms with Gasteiger partial charge in [0.2, 0.25) is 10.0 Å². The van der Waals surface area contributed by atoms with Gasteiger partial charge >= 0.3 is 0 Å². The van der Waals surface area contributed by atoms with Crippen LogP contribution in [0.1, 0.15) is 16.1 Å². The maximum Gasteiger partial charge on any atom is 0.273 e. The molecule has 3 rings (SSSR count). The van der Waals surface area contributed by atoms with Crippen molar-refractivity contribution in [3.05, 3.63) is 72.1 Å². The summed E-state index contributed by atoms with van der Waals surface area (Å²) in [6.07, 6.45) is 1.52. The Hall–Kier alpha value is -3.04. The number of aryl methyl sites for hydroxylation is 1. The largest absolute Gasteiger partial charge is 0.349 e. The van der Waals surface area contributed by atoms with Crippen LogP contribution in [0.5, 0.6) is 0 Å². The van der Waals surface area contributed by atoms with Gasteiger partial charge in [0, 0.05) is 13.1 Å². The van der Waals surface area contributed by atoms with E-state index in [1.54, 1.807) is 18.2 Å². The van der Waals surface area contributed by atoms with Crippen LogP contribution in [0.2, 0.25) is 0 Å². The minimum Gasteiger partial charge on any atom is -0.349 e. The van der Waals surface area contributed by atoms with Crippen LogP contribution < -0.4 is 10.0 Å². The number of aromatic nitrogens is 3. The van der Waals surface area contributed by atoms with Gasteiger partial charge in [-0.2, -0.15) is 0 Å². The molecule has 0 aliphatic carbocycles. The van der Waals surface area contributed by atoms with Crippen molar-refractivity contribution in [2.75, 3.05) is 13.1 Å². The first-order valence-corrected chi connectivity index (χ1v) is 9.76. The molecular formula is C18H19N5O3S. The Morgan fingerprint density at radius 1 is 1.04 bits per heavy atom. The Morgan fingerprint density at radius 3 is 2.44 bits per heavy atom. The van der Waals surface area contributed by atoms with Crippen LogP contribution in [0.3, 0.4) is 0 Å². The first-order chi connectivity index (χ1) is 13.0. The monoisotopic (exact) mass is 385 g/mol. The van der Waals surface area contributed by atoms with Gasteiger partial charge in [0.25, 0.3) is 5.91 Å². The fourth-order valence-corrected chi connectivity index (χ4v) is 3.38. The van der Waals surface area contributed by atoms with Crippen molar-refractivity contribution in [3.8, 4) is 5.69 Å². The Morgan fingerprint density at radius 2 is 1.74 bits per heavy atom. The average molecular weight is 385 g/mol. The normalized spacial score (nSPS) is 11.3. The standard InChI is InChI=1S/C18H19N5O3S/c1-14-7-9-15(10-8-14)23-13-17(21-22-23)18(24)19-11-12-20-27(25,26)16-5-3-2-4-6-16/h2-10,13,20H,11-12H2,1H3,(H,19,24). The fraction of sp³-hybridized carbons (Fsp3) is 0.167. The maximum absolute atomic E-state index is 12.1. The zero-order chi connectivity index (χ0) is 19.3. The summed E-state index contributed by atoms with van der Waals surface area (Å²) in [6.45, 7) is 2.17. The summed E-state index contributed by atoms with van der Waals surface area (Å²) >= 11 is 0. The molecule has 9 heteroatoms. The third-order valence-corrected chi connectivity index (χ3v) is 5.26. The van der Waals surface area contributed by atoms with Crippen LogP contribution in [0, 0.1) is 6.92 Å². The molecule has 0 spiro atoms. The fourth-order valence-electron chi connectivity index (χ4n) is 2.33. The van der Waals surface area contributed by atoms with E-state index in [2.05, 4.69) is 20.4 Å². The molecular weight excluding hydrogens is 366 g/mol. The van der Waals surface area contributed by atoms with E-state index in [0.29, 0.717) is 0 Å². The minimum atomic E-state index is -3.59. The summed E-state index contributed by atoms with van der Waals surface area (Å²) in [5, 5.41) is 10.4. The molecule has 0 aliphatic rings. The van der Waals surface area contributed by atoms with E-state index >= 15 is 0 Å². The van der Waals surface area contributed by atoms with E-state index in [-0.39, 0.29) is 23.7 Å². The number of carbonyl (C=O) groups excluding carboxylic acids is 1. The number of sulfonamides is 1. The number of benzene rings is 2. The molecule has 3 aromatic rings. The molecule has 0 fully saturated rings. The van der Waals surface area contributed by atoms with Crippen LogP contribution in [0.25, 0.3) is 5.69 Å². The molecule has 0 unspecified atom stereocenters. The summed E-state index contributed by atoms with van der Waals surface area (Å²) in [4.78, 5) is 12.3. The summed E-state index contributed by atoms with van der Waals surface area (Å²) in [6, 6.07) is 15.7. The Balaban J connectivity index is 1.52. The Labute approximate surface area is 157 Å². The quantitative estimate of drug-likeness (QED) is 0.596. The van der Waals surface area contributed by atoms with Crippen molar-refractivity contribution in [2.24, 2.45) is 0 Å². The molecule has 0 atom stereocenters. The van der Waals surface area contributed by atoms with Crippen LogP contribution in [0.15, 0.2) is 65.7 Å². The van der Waals surface area contributed by atoms with Crippen molar-refractivity contribution >= 4 is 15.9 Å². The molecule has 1 aromatic heterocycles. The highest BCUT2D eigenvalue weighted by Gasteiger charge is 2.14. The van der Waals surface area contributed by atoms with Gasteiger partial charge < -0.3 is 5.32 Å². The lowest BCUT2D eigenvalue weighted by atomic mass is 10.2. The topological polar surface area (TPSA) is 106 Å². The van der Waals surface area contributed by atoms with Gasteiger partial charge in [0.1, 0.15) is 0 Å². The number of hydrogen-bond acceptors (Lipinski definition) is 5. The second-order valence-electron chi connectivity index (χ2n) is 5.85. The number of amides is 1. The highest BCUT2D eigenvalue weighted by Crippen LogP contribution is 2.08. The molecule has 0 bridgehead atoms. The van der Waals surface area contributed by atoms with Gasteiger partial charge in [-0.15, -0.1) is 5.10 Å². The highest BCUT2D eigenvalue weighted by molar-refractivity contribution is 7.89. The predicted octanol–water partition coefficient (Wildman–Crippen LogP) is 1.28. The molecule has 2 aromatic carbocycles. The highest BCUT2D eigenvalue weighted by atomic mass is 32.2. The van der Waals surface area contributed by atoms with E-state index in [4.69, 9.17) is 0 Å². The van der Waals surface area contributed by atoms with Gasteiger partial charge in [-0.3, -0.25) is 4.79 Å². The number of nitrogens with one attached hydrogen (secondary N) is 2. The lowest BCUT2D eigenvalue weighted by Gasteiger charge is -2.07. The third-order valence-electron chi connectivity index (χ3n) is 3.78.